The number of aliphatic hydroxyl groups is 1. The van der Waals surface area contributed by atoms with Gasteiger partial charge in [0.05, 0.1) is 6.10 Å². The maximum Gasteiger partial charge on any atom is 0.126 e. The topological polar surface area (TPSA) is 23.5 Å². The van der Waals surface area contributed by atoms with Crippen LogP contribution in [0.1, 0.15) is 44.1 Å². The second kappa shape index (κ2) is 6.41. The minimum atomic E-state index is -0.515. The Morgan fingerprint density at radius 1 is 1.00 bits per heavy atom. The molecule has 2 fully saturated rings. The van der Waals surface area contributed by atoms with Gasteiger partial charge in [0.25, 0.3) is 0 Å². The second-order valence-electron chi connectivity index (χ2n) is 6.47. The number of halogens is 2. The molecule has 1 heterocycles. The molecule has 4 heteroatoms. The molecule has 0 amide bonds. The van der Waals surface area contributed by atoms with Gasteiger partial charge in [-0.2, -0.15) is 0 Å². The summed E-state index contributed by atoms with van der Waals surface area (Å²) in [6.45, 7) is 1.52. The van der Waals surface area contributed by atoms with Crippen molar-refractivity contribution in [3.8, 4) is 0 Å². The molecule has 1 aromatic rings. The lowest BCUT2D eigenvalue weighted by Gasteiger charge is -2.37. The zero-order valence-electron chi connectivity index (χ0n) is 12.3. The molecule has 0 bridgehead atoms. The first-order chi connectivity index (χ1) is 10.1. The van der Waals surface area contributed by atoms with Crippen molar-refractivity contribution in [2.45, 2.75) is 57.2 Å². The van der Waals surface area contributed by atoms with E-state index in [0.29, 0.717) is 24.1 Å². The fraction of sp³-hybridized carbons (Fsp3) is 0.647. The number of likely N-dealkylation sites (tertiary alicyclic amines) is 1. The summed E-state index contributed by atoms with van der Waals surface area (Å²) in [5.41, 5.74) is 0.685. The molecule has 3 rings (SSSR count). The Hall–Kier alpha value is -1.00. The zero-order valence-corrected chi connectivity index (χ0v) is 12.3. The highest BCUT2D eigenvalue weighted by Crippen LogP contribution is 2.35. The predicted octanol–water partition coefficient (Wildman–Crippen LogP) is 3.48. The number of hydrogen-bond acceptors (Lipinski definition) is 2. The third-order valence-corrected chi connectivity index (χ3v) is 5.00. The molecule has 116 valence electrons. The van der Waals surface area contributed by atoms with Gasteiger partial charge >= 0.3 is 0 Å². The van der Waals surface area contributed by atoms with Crippen LogP contribution in [0.5, 0.6) is 0 Å². The van der Waals surface area contributed by atoms with Crippen molar-refractivity contribution in [1.29, 1.82) is 0 Å². The molecular weight excluding hydrogens is 272 g/mol. The third kappa shape index (κ3) is 3.43. The summed E-state index contributed by atoms with van der Waals surface area (Å²) in [6.07, 6.45) is 6.23. The Morgan fingerprint density at radius 2 is 1.71 bits per heavy atom. The number of aliphatic hydroxyl groups excluding tert-OH is 1. The lowest BCUT2D eigenvalue weighted by molar-refractivity contribution is 0.0201. The maximum atomic E-state index is 13.3. The molecule has 0 radical (unpaired) electrons. The summed E-state index contributed by atoms with van der Waals surface area (Å²) in [5, 5.41) is 10.3. The molecule has 21 heavy (non-hydrogen) atoms. The Balaban J connectivity index is 1.71. The van der Waals surface area contributed by atoms with Gasteiger partial charge in [-0.05, 0) is 49.9 Å². The highest BCUT2D eigenvalue weighted by molar-refractivity contribution is 5.18. The first-order valence-electron chi connectivity index (χ1n) is 8.00. The largest absolute Gasteiger partial charge is 0.393 e. The predicted molar refractivity (Wildman–Crippen MR) is 77.8 cm³/mol. The summed E-state index contributed by atoms with van der Waals surface area (Å²) in [4.78, 5) is 2.30. The molecule has 0 spiro atoms. The van der Waals surface area contributed by atoms with E-state index in [0.717, 1.165) is 44.7 Å². The molecule has 3 atom stereocenters. The van der Waals surface area contributed by atoms with Crippen molar-refractivity contribution in [2.75, 3.05) is 6.54 Å². The van der Waals surface area contributed by atoms with Crippen molar-refractivity contribution in [1.82, 2.24) is 4.90 Å². The summed E-state index contributed by atoms with van der Waals surface area (Å²) < 4.78 is 26.6. The first-order valence-corrected chi connectivity index (χ1v) is 8.00. The standard InChI is InChI=1S/C17H23F2NO/c18-13-8-12(9-14(19)10-13)11-20-7-3-5-16(20)15-4-1-2-6-17(15)21/h8-10,15-17,21H,1-7,11H2. The summed E-state index contributed by atoms with van der Waals surface area (Å²) >= 11 is 0. The van der Waals surface area contributed by atoms with Crippen LogP contribution in [0.2, 0.25) is 0 Å². The van der Waals surface area contributed by atoms with E-state index in [-0.39, 0.29) is 6.10 Å². The van der Waals surface area contributed by atoms with Crippen LogP contribution in [-0.4, -0.2) is 28.7 Å². The zero-order chi connectivity index (χ0) is 14.8. The van der Waals surface area contributed by atoms with Crippen molar-refractivity contribution < 1.29 is 13.9 Å². The van der Waals surface area contributed by atoms with Crippen molar-refractivity contribution in [3.05, 3.63) is 35.4 Å². The van der Waals surface area contributed by atoms with Crippen molar-refractivity contribution in [3.63, 3.8) is 0 Å². The minimum Gasteiger partial charge on any atom is -0.393 e. The van der Waals surface area contributed by atoms with E-state index in [9.17, 15) is 13.9 Å². The van der Waals surface area contributed by atoms with E-state index in [1.807, 2.05) is 0 Å². The third-order valence-electron chi connectivity index (χ3n) is 5.00. The number of hydrogen-bond donors (Lipinski definition) is 1. The van der Waals surface area contributed by atoms with Gasteiger partial charge < -0.3 is 5.11 Å². The maximum absolute atomic E-state index is 13.3. The van der Waals surface area contributed by atoms with Gasteiger partial charge in [-0.3, -0.25) is 4.90 Å². The van der Waals surface area contributed by atoms with Gasteiger partial charge in [-0.25, -0.2) is 8.78 Å². The molecular formula is C17H23F2NO. The van der Waals surface area contributed by atoms with Crippen LogP contribution >= 0.6 is 0 Å². The molecule has 2 nitrogen and oxygen atoms in total. The van der Waals surface area contributed by atoms with E-state index in [1.54, 1.807) is 0 Å². The molecule has 1 aliphatic heterocycles. The van der Waals surface area contributed by atoms with E-state index in [2.05, 4.69) is 4.90 Å². The second-order valence-corrected chi connectivity index (χ2v) is 6.47. The Morgan fingerprint density at radius 3 is 2.43 bits per heavy atom. The van der Waals surface area contributed by atoms with Crippen LogP contribution in [0, 0.1) is 17.6 Å². The minimum absolute atomic E-state index is 0.214. The van der Waals surface area contributed by atoms with Crippen LogP contribution in [0.25, 0.3) is 0 Å². The molecule has 3 unspecified atom stereocenters. The molecule has 2 aliphatic rings. The average molecular weight is 295 g/mol. The van der Waals surface area contributed by atoms with E-state index in [1.165, 1.54) is 18.6 Å². The molecule has 1 saturated carbocycles. The molecule has 1 saturated heterocycles. The van der Waals surface area contributed by atoms with Gasteiger partial charge in [0.1, 0.15) is 11.6 Å². The summed E-state index contributed by atoms with van der Waals surface area (Å²) in [6, 6.07) is 4.09. The van der Waals surface area contributed by atoms with E-state index in [4.69, 9.17) is 0 Å². The van der Waals surface area contributed by atoms with Crippen LogP contribution < -0.4 is 0 Å². The van der Waals surface area contributed by atoms with E-state index < -0.39 is 11.6 Å². The Kier molecular flexibility index (Phi) is 4.55. The monoisotopic (exact) mass is 295 g/mol. The lowest BCUT2D eigenvalue weighted by atomic mass is 9.80. The fourth-order valence-corrected chi connectivity index (χ4v) is 4.06. The Bertz CT molecular complexity index is 473. The van der Waals surface area contributed by atoms with Gasteiger partial charge in [-0.15, -0.1) is 0 Å². The quantitative estimate of drug-likeness (QED) is 0.923. The molecule has 1 N–H and O–H groups in total. The normalized spacial score (nSPS) is 30.7. The van der Waals surface area contributed by atoms with Gasteiger partial charge in [0.15, 0.2) is 0 Å². The summed E-state index contributed by atoms with van der Waals surface area (Å²) in [7, 11) is 0. The highest BCUT2D eigenvalue weighted by Gasteiger charge is 2.36. The fourth-order valence-electron chi connectivity index (χ4n) is 4.06. The number of rotatable bonds is 3. The first kappa shape index (κ1) is 14.9. The van der Waals surface area contributed by atoms with Crippen LogP contribution in [0.4, 0.5) is 8.78 Å². The van der Waals surface area contributed by atoms with Crippen LogP contribution in [0.3, 0.4) is 0 Å². The average Bonchev–Trinajstić information content (AvgIpc) is 2.86. The van der Waals surface area contributed by atoms with Crippen LogP contribution in [-0.2, 0) is 6.54 Å². The molecule has 0 aromatic heterocycles. The number of nitrogens with zero attached hydrogens (tertiary/aromatic N) is 1. The van der Waals surface area contributed by atoms with Gasteiger partial charge in [0, 0.05) is 24.6 Å². The smallest absolute Gasteiger partial charge is 0.126 e. The summed E-state index contributed by atoms with van der Waals surface area (Å²) in [5.74, 6) is -0.712. The number of benzene rings is 1. The SMILES string of the molecule is OC1CCCCC1C1CCCN1Cc1cc(F)cc(F)c1. The van der Waals surface area contributed by atoms with Crippen molar-refractivity contribution in [2.24, 2.45) is 5.92 Å². The van der Waals surface area contributed by atoms with Crippen LogP contribution in [0.15, 0.2) is 18.2 Å². The Labute approximate surface area is 124 Å². The van der Waals surface area contributed by atoms with Gasteiger partial charge in [0.2, 0.25) is 0 Å². The van der Waals surface area contributed by atoms with E-state index >= 15 is 0 Å². The van der Waals surface area contributed by atoms with Crippen molar-refractivity contribution >= 4 is 0 Å². The molecule has 1 aliphatic carbocycles. The molecule has 1 aromatic carbocycles. The van der Waals surface area contributed by atoms with Gasteiger partial charge in [-0.1, -0.05) is 12.8 Å². The lowest BCUT2D eigenvalue weighted by Crippen LogP contribution is -2.42. The highest BCUT2D eigenvalue weighted by atomic mass is 19.1.